The highest BCUT2D eigenvalue weighted by Crippen LogP contribution is 2.40. The molecule has 4 rings (SSSR count). The summed E-state index contributed by atoms with van der Waals surface area (Å²) in [4.78, 5) is 34.9. The number of aryl methyl sites for hydroxylation is 2. The zero-order valence-electron chi connectivity index (χ0n) is 20.3. The minimum Gasteiger partial charge on any atom is -0.505 e. The van der Waals surface area contributed by atoms with E-state index in [1.54, 1.807) is 22.4 Å². The van der Waals surface area contributed by atoms with Gasteiger partial charge in [-0.25, -0.2) is 4.98 Å². The van der Waals surface area contributed by atoms with Crippen LogP contribution >= 0.6 is 0 Å². The van der Waals surface area contributed by atoms with Crippen molar-refractivity contribution in [3.63, 3.8) is 0 Å². The van der Waals surface area contributed by atoms with Crippen LogP contribution in [0.15, 0.2) is 54.2 Å². The van der Waals surface area contributed by atoms with Crippen LogP contribution in [0.2, 0.25) is 0 Å². The summed E-state index contributed by atoms with van der Waals surface area (Å²) in [5, 5.41) is 11.5. The quantitative estimate of drug-likeness (QED) is 0.311. The molecule has 0 radical (unpaired) electrons. The third-order valence-electron chi connectivity index (χ3n) is 6.63. The van der Waals surface area contributed by atoms with Gasteiger partial charge in [0.25, 0.3) is 11.7 Å². The Kier molecular flexibility index (Phi) is 6.84. The van der Waals surface area contributed by atoms with Crippen LogP contribution < -0.4 is 0 Å². The van der Waals surface area contributed by atoms with Crippen molar-refractivity contribution in [3.05, 3.63) is 76.7 Å². The van der Waals surface area contributed by atoms with Gasteiger partial charge in [0, 0.05) is 12.7 Å². The molecule has 1 aromatic carbocycles. The number of hydrogen-bond acceptors (Lipinski definition) is 5. The van der Waals surface area contributed by atoms with E-state index in [1.807, 2.05) is 49.4 Å². The highest BCUT2D eigenvalue weighted by atomic mass is 16.3. The zero-order valence-corrected chi connectivity index (χ0v) is 20.3. The number of fused-ring (bicyclic) bond motifs is 1. The molecule has 0 saturated carbocycles. The van der Waals surface area contributed by atoms with Crippen LogP contribution in [0.5, 0.6) is 0 Å². The number of amides is 1. The summed E-state index contributed by atoms with van der Waals surface area (Å²) in [5.74, 6) is -1.42. The van der Waals surface area contributed by atoms with E-state index in [0.29, 0.717) is 23.6 Å². The van der Waals surface area contributed by atoms with E-state index in [4.69, 9.17) is 0 Å². The van der Waals surface area contributed by atoms with Crippen molar-refractivity contribution in [2.24, 2.45) is 0 Å². The van der Waals surface area contributed by atoms with Gasteiger partial charge in [-0.3, -0.25) is 14.0 Å². The van der Waals surface area contributed by atoms with Crippen molar-refractivity contribution in [3.8, 4) is 0 Å². The molecule has 34 heavy (non-hydrogen) atoms. The van der Waals surface area contributed by atoms with Crippen molar-refractivity contribution in [2.45, 2.75) is 40.2 Å². The molecule has 1 aliphatic rings. The molecule has 0 bridgehead atoms. The summed E-state index contributed by atoms with van der Waals surface area (Å²) in [6.45, 7) is 11.1. The number of nitrogens with zero attached hydrogens (tertiary/aromatic N) is 4. The molecular formula is C27H32N4O3. The molecule has 0 aliphatic carbocycles. The van der Waals surface area contributed by atoms with Gasteiger partial charge in [0.15, 0.2) is 5.76 Å². The predicted molar refractivity (Wildman–Crippen MR) is 133 cm³/mol. The zero-order chi connectivity index (χ0) is 24.4. The van der Waals surface area contributed by atoms with Crippen LogP contribution in [0.3, 0.4) is 0 Å². The summed E-state index contributed by atoms with van der Waals surface area (Å²) in [7, 11) is 0. The minimum atomic E-state index is -0.656. The predicted octanol–water partition coefficient (Wildman–Crippen LogP) is 4.10. The number of likely N-dealkylation sites (tertiary alicyclic amines) is 1. The van der Waals surface area contributed by atoms with Gasteiger partial charge in [0.2, 0.25) is 0 Å². The molecule has 2 aromatic heterocycles. The summed E-state index contributed by atoms with van der Waals surface area (Å²) in [6, 6.07) is 12.7. The molecule has 1 atom stereocenters. The molecular weight excluding hydrogens is 428 g/mol. The summed E-state index contributed by atoms with van der Waals surface area (Å²) in [6.07, 6.45) is 2.54. The standard InChI is InChI=1S/C27H32N4O3/c1-5-29(6-2)15-9-17-31-24(20-13-11-18(3)12-14-20)22(26(33)27(31)34)25(32)23-19(4)28-21-10-7-8-16-30(21)23/h7-8,10-14,16,24,32H,5-6,9,15,17H2,1-4H3/t24-/m1/s1. The van der Waals surface area contributed by atoms with Crippen molar-refractivity contribution >= 4 is 23.1 Å². The Bertz CT molecular complexity index is 1240. The Morgan fingerprint density at radius 1 is 1.06 bits per heavy atom. The SMILES string of the molecule is CCN(CC)CCCN1C(=O)C(=O)C(=C(O)c2c(C)nc3ccccn23)[C@H]1c1ccc(C)cc1. The first-order chi connectivity index (χ1) is 16.4. The van der Waals surface area contributed by atoms with Gasteiger partial charge >= 0.3 is 0 Å². The minimum absolute atomic E-state index is 0.116. The Morgan fingerprint density at radius 3 is 2.44 bits per heavy atom. The fraction of sp³-hybridized carbons (Fsp3) is 0.370. The smallest absolute Gasteiger partial charge is 0.295 e. The van der Waals surface area contributed by atoms with E-state index in [1.165, 1.54) is 0 Å². The summed E-state index contributed by atoms with van der Waals surface area (Å²) >= 11 is 0. The molecule has 1 amide bonds. The van der Waals surface area contributed by atoms with E-state index in [0.717, 1.165) is 37.2 Å². The van der Waals surface area contributed by atoms with Crippen molar-refractivity contribution in [2.75, 3.05) is 26.2 Å². The van der Waals surface area contributed by atoms with Gasteiger partial charge in [-0.1, -0.05) is 49.7 Å². The molecule has 3 heterocycles. The highest BCUT2D eigenvalue weighted by Gasteiger charge is 2.46. The van der Waals surface area contributed by atoms with E-state index in [2.05, 4.69) is 23.7 Å². The number of aromatic nitrogens is 2. The number of imidazole rings is 1. The number of pyridine rings is 1. The number of Topliss-reactive ketones (excluding diaryl/α,β-unsaturated/α-hetero) is 1. The average molecular weight is 461 g/mol. The molecule has 0 spiro atoms. The average Bonchev–Trinajstić information content (AvgIpc) is 3.30. The van der Waals surface area contributed by atoms with Gasteiger partial charge < -0.3 is 14.9 Å². The van der Waals surface area contributed by atoms with E-state index in [-0.39, 0.29) is 11.3 Å². The largest absolute Gasteiger partial charge is 0.505 e. The van der Waals surface area contributed by atoms with Crippen LogP contribution in [-0.2, 0) is 9.59 Å². The molecule has 178 valence electrons. The molecule has 3 aromatic rings. The number of benzene rings is 1. The second-order valence-corrected chi connectivity index (χ2v) is 8.76. The lowest BCUT2D eigenvalue weighted by molar-refractivity contribution is -0.140. The van der Waals surface area contributed by atoms with Crippen molar-refractivity contribution in [1.82, 2.24) is 19.2 Å². The first-order valence-electron chi connectivity index (χ1n) is 11.9. The third kappa shape index (κ3) is 4.23. The monoisotopic (exact) mass is 460 g/mol. The normalized spacial score (nSPS) is 17.9. The highest BCUT2D eigenvalue weighted by molar-refractivity contribution is 6.46. The van der Waals surface area contributed by atoms with Crippen LogP contribution in [0.4, 0.5) is 0 Å². The number of aliphatic hydroxyl groups excluding tert-OH is 1. The number of carbonyl (C=O) groups excluding carboxylic acids is 2. The van der Waals surface area contributed by atoms with E-state index < -0.39 is 17.7 Å². The first kappa shape index (κ1) is 23.7. The number of carbonyl (C=O) groups is 2. The molecule has 1 N–H and O–H groups in total. The number of hydrogen-bond donors (Lipinski definition) is 1. The topological polar surface area (TPSA) is 78.2 Å². The lowest BCUT2D eigenvalue weighted by Gasteiger charge is -2.27. The van der Waals surface area contributed by atoms with Gasteiger partial charge in [-0.2, -0.15) is 0 Å². The lowest BCUT2D eigenvalue weighted by Crippen LogP contribution is -2.33. The molecule has 0 unspecified atom stereocenters. The maximum absolute atomic E-state index is 13.3. The maximum atomic E-state index is 13.3. The van der Waals surface area contributed by atoms with Crippen LogP contribution in [0, 0.1) is 13.8 Å². The summed E-state index contributed by atoms with van der Waals surface area (Å²) < 4.78 is 1.75. The van der Waals surface area contributed by atoms with Crippen LogP contribution in [0.25, 0.3) is 11.4 Å². The Balaban J connectivity index is 1.81. The van der Waals surface area contributed by atoms with Gasteiger partial charge in [0.05, 0.1) is 17.3 Å². The number of rotatable bonds is 8. The van der Waals surface area contributed by atoms with Gasteiger partial charge in [-0.05, 0) is 57.6 Å². The molecule has 1 aliphatic heterocycles. The fourth-order valence-corrected chi connectivity index (χ4v) is 4.74. The van der Waals surface area contributed by atoms with Crippen LogP contribution in [0.1, 0.15) is 48.8 Å². The third-order valence-corrected chi connectivity index (χ3v) is 6.63. The maximum Gasteiger partial charge on any atom is 0.295 e. The molecule has 7 nitrogen and oxygen atoms in total. The van der Waals surface area contributed by atoms with E-state index in [9.17, 15) is 14.7 Å². The van der Waals surface area contributed by atoms with E-state index >= 15 is 0 Å². The first-order valence-corrected chi connectivity index (χ1v) is 11.9. The Hall–Kier alpha value is -3.45. The Morgan fingerprint density at radius 2 is 1.76 bits per heavy atom. The second kappa shape index (κ2) is 9.81. The molecule has 1 fully saturated rings. The molecule has 7 heteroatoms. The van der Waals surface area contributed by atoms with Crippen molar-refractivity contribution < 1.29 is 14.7 Å². The fourth-order valence-electron chi connectivity index (χ4n) is 4.74. The number of aliphatic hydroxyl groups is 1. The lowest BCUT2D eigenvalue weighted by atomic mass is 9.95. The molecule has 1 saturated heterocycles. The van der Waals surface area contributed by atoms with Crippen LogP contribution in [-0.4, -0.2) is 62.2 Å². The summed E-state index contributed by atoms with van der Waals surface area (Å²) in [5.41, 5.74) is 3.71. The van der Waals surface area contributed by atoms with Gasteiger partial charge in [-0.15, -0.1) is 0 Å². The van der Waals surface area contributed by atoms with Crippen molar-refractivity contribution in [1.29, 1.82) is 0 Å². The Labute approximate surface area is 200 Å². The van der Waals surface area contributed by atoms with Gasteiger partial charge in [0.1, 0.15) is 11.3 Å². The number of ketones is 1. The second-order valence-electron chi connectivity index (χ2n) is 8.76.